The summed E-state index contributed by atoms with van der Waals surface area (Å²) in [6, 6.07) is 9.16. The van der Waals surface area contributed by atoms with Crippen molar-refractivity contribution in [2.24, 2.45) is 0 Å². The molecule has 2 heterocycles. The zero-order chi connectivity index (χ0) is 17.7. The molecule has 0 bridgehead atoms. The lowest BCUT2D eigenvalue weighted by molar-refractivity contribution is -0.111. The highest BCUT2D eigenvalue weighted by atomic mass is 32.2. The maximum atomic E-state index is 12.2. The summed E-state index contributed by atoms with van der Waals surface area (Å²) in [6.07, 6.45) is 5.84. The minimum Gasteiger partial charge on any atom is -0.465 e. The van der Waals surface area contributed by atoms with Crippen molar-refractivity contribution in [1.82, 2.24) is 4.98 Å². The molecule has 3 rings (SSSR count). The van der Waals surface area contributed by atoms with E-state index in [9.17, 15) is 13.2 Å². The summed E-state index contributed by atoms with van der Waals surface area (Å²) in [4.78, 5) is 15.7. The molecule has 0 aliphatic heterocycles. The van der Waals surface area contributed by atoms with Gasteiger partial charge in [0.2, 0.25) is 15.9 Å². The largest absolute Gasteiger partial charge is 0.465 e. The normalized spacial score (nSPS) is 11.5. The van der Waals surface area contributed by atoms with Gasteiger partial charge in [0.05, 0.1) is 11.2 Å². The number of nitrogens with zero attached hydrogens (tertiary/aromatic N) is 2. The molecule has 1 aromatic carbocycles. The Morgan fingerprint density at radius 3 is 2.68 bits per heavy atom. The first-order chi connectivity index (χ1) is 12.0. The second kappa shape index (κ2) is 7.32. The number of aromatic nitrogens is 1. The molecule has 1 N–H and O–H groups in total. The summed E-state index contributed by atoms with van der Waals surface area (Å²) in [5, 5.41) is 4.43. The first kappa shape index (κ1) is 16.9. The lowest BCUT2D eigenvalue weighted by Crippen LogP contribution is -2.08. The molecule has 0 spiro atoms. The molecule has 0 saturated carbocycles. The van der Waals surface area contributed by atoms with Gasteiger partial charge in [-0.15, -0.1) is 0 Å². The van der Waals surface area contributed by atoms with E-state index in [4.69, 9.17) is 4.42 Å². The number of nitrogens with one attached hydrogen (secondary N) is 1. The third-order valence-corrected chi connectivity index (χ3v) is 5.04. The Balaban J connectivity index is 1.64. The number of thiazole rings is 1. The maximum absolute atomic E-state index is 12.2. The number of carbonyl (C=O) groups excluding carboxylic acids is 1. The van der Waals surface area contributed by atoms with Crippen LogP contribution in [0.2, 0.25) is 0 Å². The maximum Gasteiger partial charge on any atom is 0.248 e. The minimum absolute atomic E-state index is 0.0202. The van der Waals surface area contributed by atoms with Gasteiger partial charge in [-0.25, -0.2) is 8.42 Å². The zero-order valence-corrected chi connectivity index (χ0v) is 14.3. The van der Waals surface area contributed by atoms with Crippen molar-refractivity contribution in [3.63, 3.8) is 0 Å². The second-order valence-electron chi connectivity index (χ2n) is 4.74. The van der Waals surface area contributed by atoms with Crippen molar-refractivity contribution >= 4 is 44.2 Å². The molecular formula is C16H12N3O4S2-. The van der Waals surface area contributed by atoms with E-state index in [2.05, 4.69) is 15.0 Å². The van der Waals surface area contributed by atoms with Crippen molar-refractivity contribution in [3.05, 3.63) is 70.8 Å². The van der Waals surface area contributed by atoms with Crippen molar-refractivity contribution in [2.45, 2.75) is 4.90 Å². The zero-order valence-electron chi connectivity index (χ0n) is 12.7. The van der Waals surface area contributed by atoms with Gasteiger partial charge >= 0.3 is 0 Å². The lowest BCUT2D eigenvalue weighted by atomic mass is 10.3. The summed E-state index contributed by atoms with van der Waals surface area (Å²) >= 11 is 1.13. The number of sulfonamides is 1. The summed E-state index contributed by atoms with van der Waals surface area (Å²) in [7, 11) is -3.83. The van der Waals surface area contributed by atoms with Gasteiger partial charge < -0.3 is 19.4 Å². The molecule has 2 aromatic heterocycles. The van der Waals surface area contributed by atoms with Gasteiger partial charge in [-0.3, -0.25) is 4.79 Å². The van der Waals surface area contributed by atoms with Crippen LogP contribution in [0.4, 0.5) is 10.8 Å². The molecule has 128 valence electrons. The van der Waals surface area contributed by atoms with Gasteiger partial charge in [0.25, 0.3) is 0 Å². The number of anilines is 1. The fourth-order valence-electron chi connectivity index (χ4n) is 1.85. The lowest BCUT2D eigenvalue weighted by Gasteiger charge is -2.12. The van der Waals surface area contributed by atoms with Crippen LogP contribution in [0.3, 0.4) is 0 Å². The number of benzene rings is 1. The van der Waals surface area contributed by atoms with Crippen LogP contribution < -0.4 is 5.32 Å². The van der Waals surface area contributed by atoms with Gasteiger partial charge in [0.15, 0.2) is 0 Å². The molecule has 0 radical (unpaired) electrons. The van der Waals surface area contributed by atoms with Crippen LogP contribution in [-0.4, -0.2) is 19.3 Å². The van der Waals surface area contributed by atoms with Crippen LogP contribution in [0.25, 0.3) is 10.8 Å². The average molecular weight is 374 g/mol. The molecular weight excluding hydrogens is 362 g/mol. The topological polar surface area (TPSA) is 103 Å². The number of furan rings is 1. The van der Waals surface area contributed by atoms with E-state index in [1.54, 1.807) is 17.5 Å². The van der Waals surface area contributed by atoms with E-state index in [0.717, 1.165) is 11.3 Å². The number of carbonyl (C=O) groups is 1. The Hall–Kier alpha value is -2.91. The monoisotopic (exact) mass is 374 g/mol. The number of hydrogen-bond donors (Lipinski definition) is 1. The van der Waals surface area contributed by atoms with Crippen molar-refractivity contribution < 1.29 is 17.6 Å². The smallest absolute Gasteiger partial charge is 0.248 e. The van der Waals surface area contributed by atoms with Crippen LogP contribution in [0.15, 0.2) is 69.6 Å². The summed E-state index contributed by atoms with van der Waals surface area (Å²) < 4.78 is 33.0. The molecule has 0 aliphatic carbocycles. The van der Waals surface area contributed by atoms with Crippen molar-refractivity contribution in [1.29, 1.82) is 0 Å². The minimum atomic E-state index is -3.83. The molecule has 1 amide bonds. The van der Waals surface area contributed by atoms with E-state index in [0.29, 0.717) is 11.4 Å². The fourth-order valence-corrected chi connectivity index (χ4v) is 3.52. The van der Waals surface area contributed by atoms with Crippen LogP contribution >= 0.6 is 11.3 Å². The SMILES string of the molecule is O=C(C=Cc1ccco1)Nc1ccc(S(=O)(=O)[N-]c2nccs2)cc1. The van der Waals surface area contributed by atoms with E-state index in [1.165, 1.54) is 48.9 Å². The Kier molecular flexibility index (Phi) is 4.96. The average Bonchev–Trinajstić information content (AvgIpc) is 3.27. The highest BCUT2D eigenvalue weighted by Crippen LogP contribution is 2.29. The molecule has 3 aromatic rings. The highest BCUT2D eigenvalue weighted by molar-refractivity contribution is 7.94. The van der Waals surface area contributed by atoms with E-state index < -0.39 is 10.0 Å². The Labute approximate surface area is 148 Å². The molecule has 0 aliphatic rings. The number of rotatable bonds is 6. The van der Waals surface area contributed by atoms with E-state index in [-0.39, 0.29) is 15.9 Å². The molecule has 0 unspecified atom stereocenters. The molecule has 0 saturated heterocycles. The first-order valence-corrected chi connectivity index (χ1v) is 9.35. The van der Waals surface area contributed by atoms with Gasteiger partial charge in [-0.2, -0.15) is 11.3 Å². The van der Waals surface area contributed by atoms with Crippen LogP contribution in [0.1, 0.15) is 5.76 Å². The molecule has 7 nitrogen and oxygen atoms in total. The number of amides is 1. The van der Waals surface area contributed by atoms with Crippen LogP contribution in [0, 0.1) is 0 Å². The second-order valence-corrected chi connectivity index (χ2v) is 7.22. The number of hydrogen-bond acceptors (Lipinski definition) is 6. The van der Waals surface area contributed by atoms with Crippen molar-refractivity contribution in [2.75, 3.05) is 5.32 Å². The summed E-state index contributed by atoms with van der Waals surface area (Å²) in [5.74, 6) is 0.194. The van der Waals surface area contributed by atoms with Gasteiger partial charge in [-0.1, -0.05) is 6.20 Å². The molecule has 25 heavy (non-hydrogen) atoms. The van der Waals surface area contributed by atoms with E-state index in [1.807, 2.05) is 0 Å². The standard InChI is InChI=1S/C16H13N3O4S2/c20-15(8-5-13-2-1-10-23-13)18-12-3-6-14(7-4-12)25(21,22)19-16-17-9-11-24-16/h1-11H,(H2,17,18,19,20)/p-1. The Morgan fingerprint density at radius 2 is 2.04 bits per heavy atom. The highest BCUT2D eigenvalue weighted by Gasteiger charge is 2.10. The molecule has 0 atom stereocenters. The van der Waals surface area contributed by atoms with Gasteiger partial charge in [-0.05, 0) is 47.9 Å². The molecule has 0 fully saturated rings. The van der Waals surface area contributed by atoms with E-state index >= 15 is 0 Å². The molecule has 9 heteroatoms. The predicted molar refractivity (Wildman–Crippen MR) is 95.1 cm³/mol. The van der Waals surface area contributed by atoms with Crippen LogP contribution in [0.5, 0.6) is 0 Å². The third-order valence-electron chi connectivity index (χ3n) is 2.98. The van der Waals surface area contributed by atoms with Gasteiger partial charge in [0, 0.05) is 16.9 Å². The van der Waals surface area contributed by atoms with Crippen LogP contribution in [-0.2, 0) is 14.8 Å². The van der Waals surface area contributed by atoms with Crippen molar-refractivity contribution in [3.8, 4) is 0 Å². The Morgan fingerprint density at radius 1 is 1.24 bits per heavy atom. The third kappa shape index (κ3) is 4.55. The fraction of sp³-hybridized carbons (Fsp3) is 0. The summed E-state index contributed by atoms with van der Waals surface area (Å²) in [5.41, 5.74) is 0.460. The first-order valence-electron chi connectivity index (χ1n) is 7.03. The quantitative estimate of drug-likeness (QED) is 0.661. The summed E-state index contributed by atoms with van der Waals surface area (Å²) in [6.45, 7) is 0. The van der Waals surface area contributed by atoms with Gasteiger partial charge in [0.1, 0.15) is 5.76 Å². The Bertz CT molecular complexity index is 961. The predicted octanol–water partition coefficient (Wildman–Crippen LogP) is 3.78.